The van der Waals surface area contributed by atoms with Crippen LogP contribution in [0, 0.1) is 0 Å². The van der Waals surface area contributed by atoms with Gasteiger partial charge in [-0.15, -0.1) is 0 Å². The third-order valence-corrected chi connectivity index (χ3v) is 3.03. The average Bonchev–Trinajstić information content (AvgIpc) is 2.31. The largest absolute Gasteiger partial charge is 0.417 e. The van der Waals surface area contributed by atoms with E-state index in [4.69, 9.17) is 5.73 Å². The van der Waals surface area contributed by atoms with Crippen molar-refractivity contribution in [2.24, 2.45) is 0 Å². The fourth-order valence-corrected chi connectivity index (χ4v) is 2.06. The van der Waals surface area contributed by atoms with E-state index >= 15 is 0 Å². The summed E-state index contributed by atoms with van der Waals surface area (Å²) in [5, 5.41) is 0. The van der Waals surface area contributed by atoms with Crippen molar-refractivity contribution in [1.29, 1.82) is 0 Å². The average molecular weight is 317 g/mol. The molecule has 0 atom stereocenters. The van der Waals surface area contributed by atoms with Crippen LogP contribution in [0.4, 0.5) is 19.0 Å². The predicted molar refractivity (Wildman–Crippen MR) is 66.8 cm³/mol. The summed E-state index contributed by atoms with van der Waals surface area (Å²) in [7, 11) is 0. The molecule has 1 heterocycles. The molecular formula is C12H8BrF3N2. The maximum Gasteiger partial charge on any atom is 0.417 e. The summed E-state index contributed by atoms with van der Waals surface area (Å²) in [5.74, 6) is 0.171. The van der Waals surface area contributed by atoms with Crippen molar-refractivity contribution in [3.05, 3.63) is 46.6 Å². The molecule has 2 N–H and O–H groups in total. The summed E-state index contributed by atoms with van der Waals surface area (Å²) in [6.07, 6.45) is -3.02. The Morgan fingerprint density at radius 3 is 2.44 bits per heavy atom. The molecule has 0 fully saturated rings. The Labute approximate surface area is 110 Å². The Hall–Kier alpha value is -1.56. The number of hydrogen-bond acceptors (Lipinski definition) is 2. The SMILES string of the molecule is Nc1cc(-c2ccccc2C(F)(F)F)c(Br)cn1. The first-order valence-corrected chi connectivity index (χ1v) is 5.76. The summed E-state index contributed by atoms with van der Waals surface area (Å²) in [5.41, 5.74) is 5.26. The van der Waals surface area contributed by atoms with Crippen LogP contribution < -0.4 is 5.73 Å². The van der Waals surface area contributed by atoms with E-state index < -0.39 is 11.7 Å². The van der Waals surface area contributed by atoms with Crippen LogP contribution in [0.25, 0.3) is 11.1 Å². The van der Waals surface area contributed by atoms with Gasteiger partial charge < -0.3 is 5.73 Å². The maximum atomic E-state index is 12.9. The fraction of sp³-hybridized carbons (Fsp3) is 0.0833. The van der Waals surface area contributed by atoms with Crippen molar-refractivity contribution in [3.8, 4) is 11.1 Å². The van der Waals surface area contributed by atoms with Crippen molar-refractivity contribution in [2.75, 3.05) is 5.73 Å². The summed E-state index contributed by atoms with van der Waals surface area (Å²) >= 11 is 3.18. The Balaban J connectivity index is 2.68. The van der Waals surface area contributed by atoms with Crippen LogP contribution in [-0.4, -0.2) is 4.98 Å². The molecular weight excluding hydrogens is 309 g/mol. The normalized spacial score (nSPS) is 11.6. The third-order valence-electron chi connectivity index (χ3n) is 2.40. The van der Waals surface area contributed by atoms with Crippen molar-refractivity contribution < 1.29 is 13.2 Å². The molecule has 0 bridgehead atoms. The third kappa shape index (κ3) is 2.48. The summed E-state index contributed by atoms with van der Waals surface area (Å²) in [6, 6.07) is 6.76. The number of halogens is 4. The Morgan fingerprint density at radius 2 is 1.78 bits per heavy atom. The lowest BCUT2D eigenvalue weighted by molar-refractivity contribution is -0.137. The zero-order valence-electron chi connectivity index (χ0n) is 9.00. The zero-order chi connectivity index (χ0) is 13.3. The lowest BCUT2D eigenvalue weighted by Gasteiger charge is -2.14. The predicted octanol–water partition coefficient (Wildman–Crippen LogP) is 4.11. The van der Waals surface area contributed by atoms with Gasteiger partial charge >= 0.3 is 6.18 Å². The van der Waals surface area contributed by atoms with Crippen LogP contribution in [0.1, 0.15) is 5.56 Å². The van der Waals surface area contributed by atoms with Crippen molar-refractivity contribution in [2.45, 2.75) is 6.18 Å². The highest BCUT2D eigenvalue weighted by Crippen LogP contribution is 2.39. The van der Waals surface area contributed by atoms with Gasteiger partial charge in [0.05, 0.1) is 5.56 Å². The number of hydrogen-bond donors (Lipinski definition) is 1. The van der Waals surface area contributed by atoms with E-state index in [2.05, 4.69) is 20.9 Å². The monoisotopic (exact) mass is 316 g/mol. The number of anilines is 1. The van der Waals surface area contributed by atoms with Gasteiger partial charge in [-0.1, -0.05) is 18.2 Å². The van der Waals surface area contributed by atoms with E-state index in [9.17, 15) is 13.2 Å². The summed E-state index contributed by atoms with van der Waals surface area (Å²) < 4.78 is 39.2. The molecule has 0 saturated carbocycles. The molecule has 0 unspecified atom stereocenters. The first kappa shape index (κ1) is 12.9. The van der Waals surface area contributed by atoms with Gasteiger partial charge in [-0.2, -0.15) is 13.2 Å². The highest BCUT2D eigenvalue weighted by atomic mass is 79.9. The molecule has 18 heavy (non-hydrogen) atoms. The lowest BCUT2D eigenvalue weighted by atomic mass is 10.0. The summed E-state index contributed by atoms with van der Waals surface area (Å²) in [4.78, 5) is 3.81. The second-order valence-electron chi connectivity index (χ2n) is 3.63. The molecule has 0 aliphatic rings. The molecule has 94 valence electrons. The Bertz CT molecular complexity index is 582. The van der Waals surface area contributed by atoms with E-state index in [1.54, 1.807) is 6.07 Å². The van der Waals surface area contributed by atoms with Gasteiger partial charge in [0, 0.05) is 16.2 Å². The minimum atomic E-state index is -4.41. The van der Waals surface area contributed by atoms with Gasteiger partial charge in [-0.05, 0) is 33.6 Å². The zero-order valence-corrected chi connectivity index (χ0v) is 10.6. The molecule has 6 heteroatoms. The second kappa shape index (κ2) is 4.61. The lowest BCUT2D eigenvalue weighted by Crippen LogP contribution is -2.07. The molecule has 1 aromatic carbocycles. The molecule has 0 radical (unpaired) electrons. The number of rotatable bonds is 1. The van der Waals surface area contributed by atoms with Gasteiger partial charge in [-0.25, -0.2) is 4.98 Å². The van der Waals surface area contributed by atoms with Gasteiger partial charge in [0.2, 0.25) is 0 Å². The van der Waals surface area contributed by atoms with Gasteiger partial charge in [0.1, 0.15) is 5.82 Å². The topological polar surface area (TPSA) is 38.9 Å². The highest BCUT2D eigenvalue weighted by molar-refractivity contribution is 9.10. The van der Waals surface area contributed by atoms with E-state index in [1.807, 2.05) is 0 Å². The van der Waals surface area contributed by atoms with Crippen LogP contribution in [-0.2, 0) is 6.18 Å². The van der Waals surface area contributed by atoms with E-state index in [1.165, 1.54) is 24.4 Å². The number of nitrogens with two attached hydrogens (primary N) is 1. The second-order valence-corrected chi connectivity index (χ2v) is 4.49. The van der Waals surface area contributed by atoms with Gasteiger partial charge in [0.15, 0.2) is 0 Å². The number of aromatic nitrogens is 1. The number of nitrogens with zero attached hydrogens (tertiary/aromatic N) is 1. The molecule has 2 rings (SSSR count). The smallest absolute Gasteiger partial charge is 0.384 e. The minimum absolute atomic E-state index is 0.0750. The molecule has 0 aliphatic carbocycles. The van der Waals surface area contributed by atoms with E-state index in [0.717, 1.165) is 6.07 Å². The van der Waals surface area contributed by atoms with Gasteiger partial charge in [-0.3, -0.25) is 0 Å². The Morgan fingerprint density at radius 1 is 1.11 bits per heavy atom. The fourth-order valence-electron chi connectivity index (χ4n) is 1.63. The minimum Gasteiger partial charge on any atom is -0.384 e. The van der Waals surface area contributed by atoms with Gasteiger partial charge in [0.25, 0.3) is 0 Å². The van der Waals surface area contributed by atoms with Crippen LogP contribution in [0.15, 0.2) is 41.0 Å². The molecule has 0 amide bonds. The van der Waals surface area contributed by atoms with Crippen LogP contribution in [0.5, 0.6) is 0 Å². The Kier molecular flexibility index (Phi) is 3.30. The van der Waals surface area contributed by atoms with Crippen molar-refractivity contribution in [3.63, 3.8) is 0 Å². The van der Waals surface area contributed by atoms with Crippen LogP contribution >= 0.6 is 15.9 Å². The standard InChI is InChI=1S/C12H8BrF3N2/c13-10-6-18-11(17)5-8(10)7-3-1-2-4-9(7)12(14,15)16/h1-6H,(H2,17,18). The molecule has 2 aromatic rings. The number of benzene rings is 1. The molecule has 1 aromatic heterocycles. The molecule has 0 aliphatic heterocycles. The van der Waals surface area contributed by atoms with E-state index in [-0.39, 0.29) is 11.4 Å². The maximum absolute atomic E-state index is 12.9. The van der Waals surface area contributed by atoms with Crippen LogP contribution in [0.2, 0.25) is 0 Å². The first-order chi connectivity index (χ1) is 8.39. The highest BCUT2D eigenvalue weighted by Gasteiger charge is 2.33. The molecule has 0 spiro atoms. The van der Waals surface area contributed by atoms with Crippen LogP contribution in [0.3, 0.4) is 0 Å². The first-order valence-electron chi connectivity index (χ1n) is 4.97. The summed E-state index contributed by atoms with van der Waals surface area (Å²) in [6.45, 7) is 0. The van der Waals surface area contributed by atoms with Crippen molar-refractivity contribution in [1.82, 2.24) is 4.98 Å². The number of pyridine rings is 1. The molecule has 0 saturated heterocycles. The number of alkyl halides is 3. The van der Waals surface area contributed by atoms with Crippen molar-refractivity contribution >= 4 is 21.7 Å². The number of nitrogen functional groups attached to an aromatic ring is 1. The van der Waals surface area contributed by atoms with E-state index in [0.29, 0.717) is 10.0 Å². The quantitative estimate of drug-likeness (QED) is 0.859. The molecule has 2 nitrogen and oxygen atoms in total.